The summed E-state index contributed by atoms with van der Waals surface area (Å²) in [5.74, 6) is 0.856. The van der Waals surface area contributed by atoms with Crippen LogP contribution in [0.25, 0.3) is 0 Å². The Labute approximate surface area is 111 Å². The largest absolute Gasteiger partial charge is 0.319 e. The summed E-state index contributed by atoms with van der Waals surface area (Å²) >= 11 is 0. The molecule has 1 saturated heterocycles. The first-order valence-electron chi connectivity index (χ1n) is 7.15. The third kappa shape index (κ3) is 3.56. The van der Waals surface area contributed by atoms with Crippen molar-refractivity contribution in [2.75, 3.05) is 20.1 Å². The summed E-state index contributed by atoms with van der Waals surface area (Å²) in [5.41, 5.74) is 2.88. The Hall–Kier alpha value is -0.860. The van der Waals surface area contributed by atoms with Gasteiger partial charge < -0.3 is 5.32 Å². The average molecular weight is 246 g/mol. The van der Waals surface area contributed by atoms with E-state index in [4.69, 9.17) is 0 Å². The number of hydrogen-bond acceptors (Lipinski definition) is 2. The molecule has 0 radical (unpaired) electrons. The van der Waals surface area contributed by atoms with E-state index in [9.17, 15) is 0 Å². The maximum Gasteiger partial charge on any atom is 0.0236 e. The standard InChI is InChI=1S/C16H26N2/c1-13-10-14(2)18(11-13)12-16-6-4-15(5-7-16)8-9-17-3/h4-7,13-14,17H,8-12H2,1-3H3. The smallest absolute Gasteiger partial charge is 0.0236 e. The second-order valence-electron chi connectivity index (χ2n) is 5.79. The monoisotopic (exact) mass is 246 g/mol. The van der Waals surface area contributed by atoms with Gasteiger partial charge in [-0.15, -0.1) is 0 Å². The minimum Gasteiger partial charge on any atom is -0.319 e. The van der Waals surface area contributed by atoms with E-state index in [1.165, 1.54) is 24.1 Å². The van der Waals surface area contributed by atoms with Crippen LogP contribution in [0.15, 0.2) is 24.3 Å². The molecule has 2 heteroatoms. The van der Waals surface area contributed by atoms with E-state index in [2.05, 4.69) is 48.3 Å². The molecule has 0 aliphatic carbocycles. The highest BCUT2D eigenvalue weighted by molar-refractivity contribution is 5.23. The topological polar surface area (TPSA) is 15.3 Å². The van der Waals surface area contributed by atoms with Gasteiger partial charge in [0.15, 0.2) is 0 Å². The molecule has 1 aliphatic rings. The van der Waals surface area contributed by atoms with Crippen LogP contribution in [-0.2, 0) is 13.0 Å². The summed E-state index contributed by atoms with van der Waals surface area (Å²) in [6.07, 6.45) is 2.47. The molecule has 1 aliphatic heterocycles. The maximum atomic E-state index is 3.19. The number of likely N-dealkylation sites (N-methyl/N-ethyl adjacent to an activating group) is 1. The van der Waals surface area contributed by atoms with Gasteiger partial charge in [0.1, 0.15) is 0 Å². The van der Waals surface area contributed by atoms with E-state index in [1.807, 2.05) is 7.05 Å². The first-order valence-corrected chi connectivity index (χ1v) is 7.15. The molecule has 0 aromatic heterocycles. The van der Waals surface area contributed by atoms with E-state index in [1.54, 1.807) is 0 Å². The highest BCUT2D eigenvalue weighted by Gasteiger charge is 2.25. The molecule has 1 fully saturated rings. The van der Waals surface area contributed by atoms with Crippen molar-refractivity contribution in [3.8, 4) is 0 Å². The lowest BCUT2D eigenvalue weighted by Gasteiger charge is -2.21. The van der Waals surface area contributed by atoms with Crippen molar-refractivity contribution in [1.29, 1.82) is 0 Å². The zero-order valence-electron chi connectivity index (χ0n) is 11.9. The summed E-state index contributed by atoms with van der Waals surface area (Å²) in [6.45, 7) is 8.13. The molecule has 2 rings (SSSR count). The molecule has 2 unspecified atom stereocenters. The zero-order chi connectivity index (χ0) is 13.0. The van der Waals surface area contributed by atoms with Crippen molar-refractivity contribution in [1.82, 2.24) is 10.2 Å². The molecule has 1 N–H and O–H groups in total. The lowest BCUT2D eigenvalue weighted by Crippen LogP contribution is -2.26. The molecule has 2 atom stereocenters. The van der Waals surface area contributed by atoms with E-state index >= 15 is 0 Å². The summed E-state index contributed by atoms with van der Waals surface area (Å²) in [7, 11) is 2.00. The third-order valence-electron chi connectivity index (χ3n) is 3.99. The van der Waals surface area contributed by atoms with Crippen LogP contribution in [0.1, 0.15) is 31.4 Å². The molecule has 18 heavy (non-hydrogen) atoms. The van der Waals surface area contributed by atoms with E-state index < -0.39 is 0 Å². The van der Waals surface area contributed by atoms with Crippen LogP contribution in [0, 0.1) is 5.92 Å². The van der Waals surface area contributed by atoms with Crippen LogP contribution in [-0.4, -0.2) is 31.1 Å². The molecule has 0 saturated carbocycles. The maximum absolute atomic E-state index is 3.19. The predicted molar refractivity (Wildman–Crippen MR) is 77.7 cm³/mol. The fourth-order valence-corrected chi connectivity index (χ4v) is 2.92. The zero-order valence-corrected chi connectivity index (χ0v) is 11.9. The molecule has 0 bridgehead atoms. The number of likely N-dealkylation sites (tertiary alicyclic amines) is 1. The minimum atomic E-state index is 0.740. The minimum absolute atomic E-state index is 0.740. The van der Waals surface area contributed by atoms with Gasteiger partial charge in [-0.25, -0.2) is 0 Å². The van der Waals surface area contributed by atoms with Crippen molar-refractivity contribution in [3.63, 3.8) is 0 Å². The van der Waals surface area contributed by atoms with Crippen molar-refractivity contribution in [2.45, 2.75) is 39.3 Å². The van der Waals surface area contributed by atoms with Gasteiger partial charge in [-0.3, -0.25) is 4.90 Å². The molecule has 100 valence electrons. The first-order chi connectivity index (χ1) is 8.69. The number of hydrogen-bond donors (Lipinski definition) is 1. The van der Waals surface area contributed by atoms with Crippen LogP contribution in [0.2, 0.25) is 0 Å². The summed E-state index contributed by atoms with van der Waals surface area (Å²) in [6, 6.07) is 9.87. The van der Waals surface area contributed by atoms with Crippen LogP contribution >= 0.6 is 0 Å². The lowest BCUT2D eigenvalue weighted by molar-refractivity contribution is 0.256. The lowest BCUT2D eigenvalue weighted by atomic mass is 10.1. The Balaban J connectivity index is 1.90. The van der Waals surface area contributed by atoms with Gasteiger partial charge in [-0.1, -0.05) is 31.2 Å². The Morgan fingerprint density at radius 3 is 2.39 bits per heavy atom. The van der Waals surface area contributed by atoms with E-state index in [0.29, 0.717) is 0 Å². The van der Waals surface area contributed by atoms with Gasteiger partial charge in [0.25, 0.3) is 0 Å². The summed E-state index contributed by atoms with van der Waals surface area (Å²) in [4.78, 5) is 2.60. The van der Waals surface area contributed by atoms with Crippen LogP contribution in [0.5, 0.6) is 0 Å². The second-order valence-corrected chi connectivity index (χ2v) is 5.79. The fraction of sp³-hybridized carbons (Fsp3) is 0.625. The van der Waals surface area contributed by atoms with E-state index in [-0.39, 0.29) is 0 Å². The van der Waals surface area contributed by atoms with Crippen LogP contribution in [0.4, 0.5) is 0 Å². The van der Waals surface area contributed by atoms with Gasteiger partial charge >= 0.3 is 0 Å². The summed E-state index contributed by atoms with van der Waals surface area (Å²) < 4.78 is 0. The van der Waals surface area contributed by atoms with Gasteiger partial charge in [-0.2, -0.15) is 0 Å². The number of nitrogens with one attached hydrogen (secondary N) is 1. The van der Waals surface area contributed by atoms with Gasteiger partial charge in [-0.05, 0) is 50.4 Å². The van der Waals surface area contributed by atoms with Crippen LogP contribution in [0.3, 0.4) is 0 Å². The van der Waals surface area contributed by atoms with Gasteiger partial charge in [0, 0.05) is 19.1 Å². The quantitative estimate of drug-likeness (QED) is 0.859. The number of rotatable bonds is 5. The van der Waals surface area contributed by atoms with Crippen LogP contribution < -0.4 is 5.32 Å². The normalized spacial score (nSPS) is 24.6. The highest BCUT2D eigenvalue weighted by Crippen LogP contribution is 2.24. The predicted octanol–water partition coefficient (Wildman–Crippen LogP) is 2.68. The SMILES string of the molecule is CNCCc1ccc(CN2CC(C)CC2C)cc1. The number of benzene rings is 1. The molecule has 1 aromatic rings. The van der Waals surface area contributed by atoms with Crippen molar-refractivity contribution >= 4 is 0 Å². The van der Waals surface area contributed by atoms with Gasteiger partial charge in [0.2, 0.25) is 0 Å². The molecule has 0 amide bonds. The van der Waals surface area contributed by atoms with Crippen molar-refractivity contribution in [3.05, 3.63) is 35.4 Å². The second kappa shape index (κ2) is 6.35. The van der Waals surface area contributed by atoms with E-state index in [0.717, 1.165) is 31.5 Å². The van der Waals surface area contributed by atoms with Crippen molar-refractivity contribution in [2.24, 2.45) is 5.92 Å². The molecular formula is C16H26N2. The van der Waals surface area contributed by atoms with Crippen molar-refractivity contribution < 1.29 is 0 Å². The molecular weight excluding hydrogens is 220 g/mol. The summed E-state index contributed by atoms with van der Waals surface area (Å²) in [5, 5.41) is 3.19. The Morgan fingerprint density at radius 2 is 1.83 bits per heavy atom. The highest BCUT2D eigenvalue weighted by atomic mass is 15.2. The molecule has 2 nitrogen and oxygen atoms in total. The average Bonchev–Trinajstić information content (AvgIpc) is 2.67. The molecule has 1 heterocycles. The molecule has 1 aromatic carbocycles. The molecule has 0 spiro atoms. The van der Waals surface area contributed by atoms with Gasteiger partial charge in [0.05, 0.1) is 0 Å². The first kappa shape index (κ1) is 13.6. The Bertz CT molecular complexity index is 358. The Morgan fingerprint density at radius 1 is 1.17 bits per heavy atom. The third-order valence-corrected chi connectivity index (χ3v) is 3.99. The fourth-order valence-electron chi connectivity index (χ4n) is 2.92. The Kier molecular flexibility index (Phi) is 4.79. The number of nitrogens with zero attached hydrogens (tertiary/aromatic N) is 1.